The molecule has 5 rings (SSSR count). The molecule has 178 valence electrons. The van der Waals surface area contributed by atoms with Crippen LogP contribution in [0.3, 0.4) is 0 Å². The predicted octanol–water partition coefficient (Wildman–Crippen LogP) is 6.32. The average molecular weight is 489 g/mol. The van der Waals surface area contributed by atoms with Gasteiger partial charge in [0.15, 0.2) is 5.43 Å². The van der Waals surface area contributed by atoms with E-state index in [0.29, 0.717) is 40.1 Å². The predicted molar refractivity (Wildman–Crippen MR) is 137 cm³/mol. The first-order valence-corrected chi connectivity index (χ1v) is 12.0. The van der Waals surface area contributed by atoms with Crippen molar-refractivity contribution in [1.82, 2.24) is 4.98 Å². The van der Waals surface area contributed by atoms with E-state index in [4.69, 9.17) is 20.8 Å². The molecule has 1 aliphatic rings. The van der Waals surface area contributed by atoms with Crippen LogP contribution in [0.1, 0.15) is 53.6 Å². The van der Waals surface area contributed by atoms with Gasteiger partial charge in [0.1, 0.15) is 17.2 Å². The van der Waals surface area contributed by atoms with Gasteiger partial charge < -0.3 is 9.15 Å². The Morgan fingerprint density at radius 1 is 1.11 bits per heavy atom. The quantitative estimate of drug-likeness (QED) is 0.317. The van der Waals surface area contributed by atoms with Gasteiger partial charge in [0.05, 0.1) is 23.6 Å². The van der Waals surface area contributed by atoms with Crippen molar-refractivity contribution in [3.05, 3.63) is 98.5 Å². The first-order valence-electron chi connectivity index (χ1n) is 11.6. The first kappa shape index (κ1) is 23.1. The number of aromatic nitrogens is 1. The van der Waals surface area contributed by atoms with Gasteiger partial charge in [-0.3, -0.25) is 14.5 Å². The normalized spacial score (nSPS) is 15.2. The minimum absolute atomic E-state index is 0.0178. The number of amides is 1. The third-order valence-electron chi connectivity index (χ3n) is 6.12. The Balaban J connectivity index is 1.69. The summed E-state index contributed by atoms with van der Waals surface area (Å²) in [6.45, 7) is 6.79. The van der Waals surface area contributed by atoms with Crippen molar-refractivity contribution in [1.29, 1.82) is 0 Å². The van der Waals surface area contributed by atoms with Crippen LogP contribution in [0.4, 0.5) is 5.82 Å². The van der Waals surface area contributed by atoms with Gasteiger partial charge in [-0.1, -0.05) is 37.6 Å². The fraction of sp³-hybridized carbons (Fsp3) is 0.250. The van der Waals surface area contributed by atoms with Crippen LogP contribution >= 0.6 is 11.6 Å². The monoisotopic (exact) mass is 488 g/mol. The smallest absolute Gasteiger partial charge is 0.296 e. The fourth-order valence-electron chi connectivity index (χ4n) is 4.34. The average Bonchev–Trinajstić information content (AvgIpc) is 3.12. The van der Waals surface area contributed by atoms with E-state index in [1.54, 1.807) is 24.4 Å². The van der Waals surface area contributed by atoms with Crippen LogP contribution in [0, 0.1) is 12.8 Å². The van der Waals surface area contributed by atoms with Crippen LogP contribution in [0.5, 0.6) is 5.75 Å². The number of benzene rings is 2. The van der Waals surface area contributed by atoms with Gasteiger partial charge in [0.2, 0.25) is 5.76 Å². The number of anilines is 1. The molecule has 0 bridgehead atoms. The number of ether oxygens (including phenoxy) is 1. The third-order valence-corrected chi connectivity index (χ3v) is 6.35. The molecule has 2 aromatic heterocycles. The number of pyridine rings is 1. The van der Waals surface area contributed by atoms with E-state index in [0.717, 1.165) is 17.5 Å². The van der Waals surface area contributed by atoms with E-state index in [9.17, 15) is 9.59 Å². The molecule has 0 N–H and O–H groups in total. The fourth-order valence-corrected chi connectivity index (χ4v) is 4.51. The third kappa shape index (κ3) is 4.30. The van der Waals surface area contributed by atoms with Crippen molar-refractivity contribution < 1.29 is 13.9 Å². The second-order valence-corrected chi connectivity index (χ2v) is 9.62. The lowest BCUT2D eigenvalue weighted by Gasteiger charge is -2.24. The van der Waals surface area contributed by atoms with E-state index in [-0.39, 0.29) is 16.8 Å². The van der Waals surface area contributed by atoms with Crippen molar-refractivity contribution in [3.63, 3.8) is 0 Å². The number of fused-ring (bicyclic) bond motifs is 2. The van der Waals surface area contributed by atoms with Gasteiger partial charge in [0.25, 0.3) is 5.91 Å². The number of nitrogens with zero attached hydrogens (tertiary/aromatic N) is 2. The molecular formula is C28H25ClN2O4. The molecule has 4 aromatic rings. The number of halogens is 1. The summed E-state index contributed by atoms with van der Waals surface area (Å²) >= 11 is 6.17. The van der Waals surface area contributed by atoms with Crippen LogP contribution in [0.2, 0.25) is 5.02 Å². The minimum Gasteiger partial charge on any atom is -0.494 e. The summed E-state index contributed by atoms with van der Waals surface area (Å²) in [6.07, 6.45) is 2.57. The zero-order valence-corrected chi connectivity index (χ0v) is 20.5. The lowest BCUT2D eigenvalue weighted by molar-refractivity contribution is 0.0970. The zero-order valence-electron chi connectivity index (χ0n) is 19.7. The largest absolute Gasteiger partial charge is 0.494 e. The Morgan fingerprint density at radius 2 is 1.94 bits per heavy atom. The summed E-state index contributed by atoms with van der Waals surface area (Å²) in [6, 6.07) is 15.3. The number of carbonyl (C=O) groups is 1. The molecule has 0 spiro atoms. The molecule has 6 nitrogen and oxygen atoms in total. The van der Waals surface area contributed by atoms with Crippen molar-refractivity contribution in [2.75, 3.05) is 11.5 Å². The van der Waals surface area contributed by atoms with Crippen molar-refractivity contribution in [3.8, 4) is 5.75 Å². The number of rotatable bonds is 6. The summed E-state index contributed by atoms with van der Waals surface area (Å²) in [5.41, 5.74) is 1.97. The second-order valence-electron chi connectivity index (χ2n) is 9.19. The van der Waals surface area contributed by atoms with E-state index in [2.05, 4.69) is 18.8 Å². The molecular weight excluding hydrogens is 464 g/mol. The van der Waals surface area contributed by atoms with Gasteiger partial charge >= 0.3 is 0 Å². The number of hydrogen-bond donors (Lipinski definition) is 0. The van der Waals surface area contributed by atoms with Gasteiger partial charge in [0, 0.05) is 11.2 Å². The van der Waals surface area contributed by atoms with Crippen molar-refractivity contribution in [2.24, 2.45) is 5.92 Å². The number of aryl methyl sites for hydroxylation is 1. The molecule has 0 fully saturated rings. The van der Waals surface area contributed by atoms with Crippen LogP contribution in [0.25, 0.3) is 11.0 Å². The summed E-state index contributed by atoms with van der Waals surface area (Å²) < 4.78 is 12.0. The van der Waals surface area contributed by atoms with E-state index >= 15 is 0 Å². The Kier molecular flexibility index (Phi) is 6.07. The lowest BCUT2D eigenvalue weighted by atomic mass is 9.98. The summed E-state index contributed by atoms with van der Waals surface area (Å²) in [5.74, 6) is 1.24. The maximum atomic E-state index is 13.7. The molecule has 1 atom stereocenters. The molecule has 35 heavy (non-hydrogen) atoms. The zero-order chi connectivity index (χ0) is 24.7. The van der Waals surface area contributed by atoms with E-state index in [1.165, 1.54) is 4.90 Å². The minimum atomic E-state index is -0.722. The maximum absolute atomic E-state index is 13.7. The molecule has 7 heteroatoms. The summed E-state index contributed by atoms with van der Waals surface area (Å²) in [7, 11) is 0. The van der Waals surface area contributed by atoms with Gasteiger partial charge in [-0.15, -0.1) is 0 Å². The van der Waals surface area contributed by atoms with Crippen molar-refractivity contribution >= 4 is 34.3 Å². The molecule has 3 heterocycles. The SMILES string of the molecule is Cc1ccnc(N2C(=O)c3oc4ccc(Cl)cc4c(=O)c3[C@@H]2c2cccc(OCCC(C)C)c2)c1. The van der Waals surface area contributed by atoms with E-state index in [1.807, 2.05) is 43.3 Å². The first-order chi connectivity index (χ1) is 16.8. The Labute approximate surface area is 208 Å². The molecule has 0 radical (unpaired) electrons. The summed E-state index contributed by atoms with van der Waals surface area (Å²) in [5, 5.41) is 0.751. The second kappa shape index (κ2) is 9.19. The standard InChI is InChI=1S/C28H25ClN2O4/c1-16(2)10-12-34-20-6-4-5-18(14-20)25-24-26(32)21-15-19(29)7-8-22(21)35-27(24)28(33)31(25)23-13-17(3)9-11-30-23/h4-9,11,13-16,25H,10,12H2,1-3H3/t25-/m0/s1. The van der Waals surface area contributed by atoms with Crippen molar-refractivity contribution in [2.45, 2.75) is 33.2 Å². The highest BCUT2D eigenvalue weighted by molar-refractivity contribution is 6.31. The van der Waals surface area contributed by atoms with Crippen LogP contribution in [-0.4, -0.2) is 17.5 Å². The van der Waals surface area contributed by atoms with E-state index < -0.39 is 11.9 Å². The summed E-state index contributed by atoms with van der Waals surface area (Å²) in [4.78, 5) is 33.4. The number of hydrogen-bond acceptors (Lipinski definition) is 5. The van der Waals surface area contributed by atoms with Crippen LogP contribution < -0.4 is 15.1 Å². The highest BCUT2D eigenvalue weighted by atomic mass is 35.5. The van der Waals surface area contributed by atoms with Gasteiger partial charge in [-0.25, -0.2) is 4.98 Å². The topological polar surface area (TPSA) is 72.6 Å². The van der Waals surface area contributed by atoms with Gasteiger partial charge in [-0.2, -0.15) is 0 Å². The molecule has 0 aliphatic carbocycles. The molecule has 1 aliphatic heterocycles. The Bertz CT molecular complexity index is 1490. The Hall–Kier alpha value is -3.64. The molecule has 2 aromatic carbocycles. The Morgan fingerprint density at radius 3 is 2.71 bits per heavy atom. The molecule has 0 unspecified atom stereocenters. The lowest BCUT2D eigenvalue weighted by Crippen LogP contribution is -2.30. The highest BCUT2D eigenvalue weighted by Gasteiger charge is 2.44. The molecule has 0 saturated carbocycles. The van der Waals surface area contributed by atoms with Crippen LogP contribution in [-0.2, 0) is 0 Å². The highest BCUT2D eigenvalue weighted by Crippen LogP contribution is 2.41. The molecule has 0 saturated heterocycles. The number of carbonyl (C=O) groups excluding carboxylic acids is 1. The molecule has 1 amide bonds. The van der Waals surface area contributed by atoms with Gasteiger partial charge in [-0.05, 0) is 72.9 Å². The van der Waals surface area contributed by atoms with Crippen LogP contribution in [0.15, 0.2) is 70.0 Å². The maximum Gasteiger partial charge on any atom is 0.296 e.